The van der Waals surface area contributed by atoms with Crippen molar-refractivity contribution in [2.45, 2.75) is 44.9 Å². The second-order valence-electron chi connectivity index (χ2n) is 7.92. The molecule has 2 aliphatic rings. The number of hydrogen-bond acceptors (Lipinski definition) is 2. The Morgan fingerprint density at radius 3 is 2.39 bits per heavy atom. The molecule has 3 nitrogen and oxygen atoms in total. The fourth-order valence-corrected chi connectivity index (χ4v) is 4.41. The Hall–Kier alpha value is -1.35. The molecule has 2 atom stereocenters. The maximum absolute atomic E-state index is 12.4. The van der Waals surface area contributed by atoms with Gasteiger partial charge in [0.25, 0.3) is 0 Å². The van der Waals surface area contributed by atoms with Gasteiger partial charge in [0.15, 0.2) is 0 Å². The Morgan fingerprint density at radius 1 is 1.17 bits per heavy atom. The van der Waals surface area contributed by atoms with E-state index in [1.54, 1.807) is 0 Å². The Labute approximate surface area is 140 Å². The number of nitrogens with one attached hydrogen (secondary N) is 1. The first-order chi connectivity index (χ1) is 11.1. The number of hydrogen-bond donors (Lipinski definition) is 1. The van der Waals surface area contributed by atoms with Crippen LogP contribution in [0.2, 0.25) is 0 Å². The van der Waals surface area contributed by atoms with Crippen molar-refractivity contribution in [1.29, 1.82) is 0 Å². The third-order valence-electron chi connectivity index (χ3n) is 5.63. The number of likely N-dealkylation sites (tertiary alicyclic amines) is 1. The zero-order chi connectivity index (χ0) is 16.3. The molecule has 1 saturated heterocycles. The number of rotatable bonds is 5. The Bertz CT molecular complexity index is 514. The highest BCUT2D eigenvalue weighted by Crippen LogP contribution is 2.43. The smallest absolute Gasteiger partial charge is 0.234 e. The lowest BCUT2D eigenvalue weighted by atomic mass is 9.64. The Balaban J connectivity index is 1.52. The van der Waals surface area contributed by atoms with Crippen LogP contribution < -0.4 is 5.32 Å². The van der Waals surface area contributed by atoms with Gasteiger partial charge in [0.05, 0.1) is 6.54 Å². The third-order valence-corrected chi connectivity index (χ3v) is 5.63. The van der Waals surface area contributed by atoms with Crippen LogP contribution in [0.3, 0.4) is 0 Å². The van der Waals surface area contributed by atoms with Gasteiger partial charge in [0.1, 0.15) is 0 Å². The number of carbonyl (C=O) groups is 1. The second kappa shape index (κ2) is 7.04. The van der Waals surface area contributed by atoms with Crippen molar-refractivity contribution >= 4 is 5.91 Å². The van der Waals surface area contributed by atoms with Crippen LogP contribution in [0.1, 0.15) is 45.1 Å². The van der Waals surface area contributed by atoms with Crippen LogP contribution in [0.5, 0.6) is 0 Å². The normalized spacial score (nSPS) is 27.2. The van der Waals surface area contributed by atoms with Crippen molar-refractivity contribution in [2.24, 2.45) is 11.8 Å². The molecule has 1 aromatic carbocycles. The lowest BCUT2D eigenvalue weighted by Crippen LogP contribution is -2.49. The Kier molecular flexibility index (Phi) is 5.05. The van der Waals surface area contributed by atoms with E-state index in [2.05, 4.69) is 54.4 Å². The summed E-state index contributed by atoms with van der Waals surface area (Å²) in [6, 6.07) is 10.7. The van der Waals surface area contributed by atoms with Gasteiger partial charge in [-0.05, 0) is 36.7 Å². The lowest BCUT2D eigenvalue weighted by Gasteiger charge is -2.43. The molecule has 1 aliphatic carbocycles. The first-order valence-corrected chi connectivity index (χ1v) is 9.12. The monoisotopic (exact) mass is 314 g/mol. The molecule has 0 radical (unpaired) electrons. The molecule has 2 fully saturated rings. The molecular formula is C20H30N2O. The van der Waals surface area contributed by atoms with Gasteiger partial charge < -0.3 is 5.32 Å². The molecule has 3 heteroatoms. The molecule has 1 aromatic rings. The summed E-state index contributed by atoms with van der Waals surface area (Å²) >= 11 is 0. The zero-order valence-corrected chi connectivity index (χ0v) is 14.6. The highest BCUT2D eigenvalue weighted by Gasteiger charge is 2.38. The van der Waals surface area contributed by atoms with Crippen LogP contribution in [0, 0.1) is 11.8 Å². The fourth-order valence-electron chi connectivity index (χ4n) is 4.41. The lowest BCUT2D eigenvalue weighted by molar-refractivity contribution is -0.123. The van der Waals surface area contributed by atoms with E-state index < -0.39 is 0 Å². The molecule has 126 valence electrons. The van der Waals surface area contributed by atoms with E-state index >= 15 is 0 Å². The number of piperidine rings is 1. The summed E-state index contributed by atoms with van der Waals surface area (Å²) in [6.07, 6.45) is 4.94. The van der Waals surface area contributed by atoms with Crippen molar-refractivity contribution in [3.63, 3.8) is 0 Å². The van der Waals surface area contributed by atoms with Gasteiger partial charge in [0, 0.05) is 25.0 Å². The minimum atomic E-state index is 0.180. The molecule has 1 heterocycles. The average molecular weight is 314 g/mol. The summed E-state index contributed by atoms with van der Waals surface area (Å²) < 4.78 is 0. The second-order valence-corrected chi connectivity index (χ2v) is 7.92. The molecular weight excluding hydrogens is 284 g/mol. The van der Waals surface area contributed by atoms with E-state index in [-0.39, 0.29) is 11.3 Å². The number of benzene rings is 1. The van der Waals surface area contributed by atoms with Gasteiger partial charge in [-0.2, -0.15) is 0 Å². The van der Waals surface area contributed by atoms with Crippen molar-refractivity contribution in [2.75, 3.05) is 26.2 Å². The summed E-state index contributed by atoms with van der Waals surface area (Å²) in [6.45, 7) is 8.04. The molecule has 0 bridgehead atoms. The molecule has 1 saturated carbocycles. The van der Waals surface area contributed by atoms with E-state index in [4.69, 9.17) is 0 Å². The average Bonchev–Trinajstić information content (AvgIpc) is 2.46. The third kappa shape index (κ3) is 3.95. The van der Waals surface area contributed by atoms with E-state index in [1.165, 1.54) is 31.2 Å². The first kappa shape index (κ1) is 16.5. The first-order valence-electron chi connectivity index (χ1n) is 9.12. The quantitative estimate of drug-likeness (QED) is 0.905. The molecule has 3 rings (SSSR count). The van der Waals surface area contributed by atoms with Crippen molar-refractivity contribution in [1.82, 2.24) is 10.2 Å². The summed E-state index contributed by atoms with van der Waals surface area (Å²) in [4.78, 5) is 14.7. The largest absolute Gasteiger partial charge is 0.354 e. The molecule has 1 aliphatic heterocycles. The van der Waals surface area contributed by atoms with Crippen LogP contribution in [0.15, 0.2) is 30.3 Å². The number of nitrogens with zero attached hydrogens (tertiary/aromatic N) is 1. The van der Waals surface area contributed by atoms with Crippen molar-refractivity contribution in [3.8, 4) is 0 Å². The summed E-state index contributed by atoms with van der Waals surface area (Å²) in [5, 5.41) is 3.22. The standard InChI is InChI=1S/C20H30N2O/c1-16-11-17(2)13-22(12-16)14-19(23)21-15-20(9-6-10-20)18-7-4-3-5-8-18/h3-5,7-8,16-17H,6,9-15H2,1-2H3,(H,21,23). The highest BCUT2D eigenvalue weighted by atomic mass is 16.2. The van der Waals surface area contributed by atoms with E-state index in [0.717, 1.165) is 19.6 Å². The SMILES string of the molecule is CC1CC(C)CN(CC(=O)NCC2(c3ccccc3)CCC2)C1. The van der Waals surface area contributed by atoms with Gasteiger partial charge in [-0.25, -0.2) is 0 Å². The van der Waals surface area contributed by atoms with Crippen molar-refractivity contribution < 1.29 is 4.79 Å². The molecule has 23 heavy (non-hydrogen) atoms. The Morgan fingerprint density at radius 2 is 1.83 bits per heavy atom. The minimum Gasteiger partial charge on any atom is -0.354 e. The summed E-state index contributed by atoms with van der Waals surface area (Å²) in [7, 11) is 0. The molecule has 0 spiro atoms. The predicted octanol–water partition coefficient (Wildman–Crippen LogP) is 3.20. The van der Waals surface area contributed by atoms with E-state index in [1.807, 2.05) is 0 Å². The maximum Gasteiger partial charge on any atom is 0.234 e. The number of carbonyl (C=O) groups excluding carboxylic acids is 1. The zero-order valence-electron chi connectivity index (χ0n) is 14.6. The molecule has 1 amide bonds. The number of amides is 1. The van der Waals surface area contributed by atoms with Gasteiger partial charge in [0.2, 0.25) is 5.91 Å². The van der Waals surface area contributed by atoms with Gasteiger partial charge in [-0.1, -0.05) is 50.6 Å². The minimum absolute atomic E-state index is 0.180. The highest BCUT2D eigenvalue weighted by molar-refractivity contribution is 5.78. The fraction of sp³-hybridized carbons (Fsp3) is 0.650. The molecule has 1 N–H and O–H groups in total. The molecule has 0 aromatic heterocycles. The molecule has 2 unspecified atom stereocenters. The van der Waals surface area contributed by atoms with Crippen LogP contribution in [-0.2, 0) is 10.2 Å². The van der Waals surface area contributed by atoms with Crippen LogP contribution in [0.4, 0.5) is 0 Å². The van der Waals surface area contributed by atoms with Crippen molar-refractivity contribution in [3.05, 3.63) is 35.9 Å². The van der Waals surface area contributed by atoms with E-state index in [0.29, 0.717) is 18.4 Å². The maximum atomic E-state index is 12.4. The topological polar surface area (TPSA) is 32.3 Å². The predicted molar refractivity (Wildman–Crippen MR) is 94.4 cm³/mol. The van der Waals surface area contributed by atoms with Gasteiger partial charge >= 0.3 is 0 Å². The van der Waals surface area contributed by atoms with Crippen LogP contribution >= 0.6 is 0 Å². The van der Waals surface area contributed by atoms with Gasteiger partial charge in [-0.3, -0.25) is 9.69 Å². The van der Waals surface area contributed by atoms with Gasteiger partial charge in [-0.15, -0.1) is 0 Å². The summed E-state index contributed by atoms with van der Waals surface area (Å²) in [5.74, 6) is 1.59. The van der Waals surface area contributed by atoms with E-state index in [9.17, 15) is 4.79 Å². The van der Waals surface area contributed by atoms with Crippen LogP contribution in [0.25, 0.3) is 0 Å². The summed E-state index contributed by atoms with van der Waals surface area (Å²) in [5.41, 5.74) is 1.56. The van der Waals surface area contributed by atoms with Crippen LogP contribution in [-0.4, -0.2) is 37.0 Å².